The van der Waals surface area contributed by atoms with Crippen molar-refractivity contribution in [2.45, 2.75) is 36.6 Å². The summed E-state index contributed by atoms with van der Waals surface area (Å²) in [6.45, 7) is 1.67. The molecule has 0 saturated carbocycles. The molecule has 0 aromatic carbocycles. The molecule has 2 rings (SSSR count). The zero-order chi connectivity index (χ0) is 13.4. The molecule has 1 aliphatic rings. The summed E-state index contributed by atoms with van der Waals surface area (Å²) in [5.74, 6) is -1.12. The number of nitrogens with zero attached hydrogens (tertiary/aromatic N) is 2. The van der Waals surface area contributed by atoms with Crippen LogP contribution in [-0.4, -0.2) is 46.1 Å². The van der Waals surface area contributed by atoms with Gasteiger partial charge in [-0.25, -0.2) is 8.42 Å². The number of aliphatic carboxylic acids is 1. The molecule has 1 aromatic rings. The summed E-state index contributed by atoms with van der Waals surface area (Å²) in [5, 5.41) is 15.3. The molecule has 1 atom stereocenters. The third kappa shape index (κ3) is 1.91. The summed E-state index contributed by atoms with van der Waals surface area (Å²) in [5.41, 5.74) is -1.38. The van der Waals surface area contributed by atoms with E-state index in [9.17, 15) is 18.3 Å². The van der Waals surface area contributed by atoms with E-state index in [-0.39, 0.29) is 11.4 Å². The highest BCUT2D eigenvalue weighted by Crippen LogP contribution is 2.33. The maximum Gasteiger partial charge on any atom is 0.324 e. The maximum absolute atomic E-state index is 12.4. The summed E-state index contributed by atoms with van der Waals surface area (Å²) in [6.07, 6.45) is 4.14. The molecule has 18 heavy (non-hydrogen) atoms. The van der Waals surface area contributed by atoms with Crippen molar-refractivity contribution in [3.05, 3.63) is 12.4 Å². The van der Waals surface area contributed by atoms with Crippen molar-refractivity contribution in [1.29, 1.82) is 0 Å². The van der Waals surface area contributed by atoms with E-state index >= 15 is 0 Å². The minimum atomic E-state index is -3.81. The van der Waals surface area contributed by atoms with Gasteiger partial charge < -0.3 is 5.11 Å². The van der Waals surface area contributed by atoms with Crippen LogP contribution >= 0.6 is 0 Å². The molecule has 0 aliphatic carbocycles. The molecule has 0 bridgehead atoms. The first-order valence-corrected chi connectivity index (χ1v) is 7.08. The van der Waals surface area contributed by atoms with Crippen molar-refractivity contribution in [3.8, 4) is 0 Å². The lowest BCUT2D eigenvalue weighted by Crippen LogP contribution is -2.57. The summed E-state index contributed by atoms with van der Waals surface area (Å²) in [7, 11) is -3.81. The Labute approximate surface area is 105 Å². The van der Waals surface area contributed by atoms with Crippen molar-refractivity contribution < 1.29 is 18.3 Å². The van der Waals surface area contributed by atoms with Crippen LogP contribution in [0.5, 0.6) is 0 Å². The van der Waals surface area contributed by atoms with Gasteiger partial charge in [0.1, 0.15) is 10.4 Å². The number of carboxylic acids is 1. The number of H-pyrrole nitrogens is 1. The fourth-order valence-electron chi connectivity index (χ4n) is 2.20. The van der Waals surface area contributed by atoms with E-state index in [4.69, 9.17) is 0 Å². The number of hydrogen-bond acceptors (Lipinski definition) is 4. The lowest BCUT2D eigenvalue weighted by Gasteiger charge is -2.40. The SMILES string of the molecule is CC1(C(=O)O)CCCCN1S(=O)(=O)c1cn[nH]c1. The van der Waals surface area contributed by atoms with Gasteiger partial charge in [0.15, 0.2) is 0 Å². The predicted octanol–water partition coefficient (Wildman–Crippen LogP) is 0.428. The van der Waals surface area contributed by atoms with E-state index in [0.29, 0.717) is 19.3 Å². The molecule has 1 aromatic heterocycles. The maximum atomic E-state index is 12.4. The fourth-order valence-corrected chi connectivity index (χ4v) is 3.91. The topological polar surface area (TPSA) is 103 Å². The second-order valence-corrected chi connectivity index (χ2v) is 6.41. The predicted molar refractivity (Wildman–Crippen MR) is 62.4 cm³/mol. The van der Waals surface area contributed by atoms with Gasteiger partial charge in [-0.1, -0.05) is 0 Å². The number of aromatic amines is 1. The van der Waals surface area contributed by atoms with Crippen LogP contribution in [0.25, 0.3) is 0 Å². The Morgan fingerprint density at radius 3 is 2.83 bits per heavy atom. The summed E-state index contributed by atoms with van der Waals surface area (Å²) >= 11 is 0. The first-order chi connectivity index (χ1) is 8.39. The Bertz CT molecular complexity index is 539. The van der Waals surface area contributed by atoms with Crippen molar-refractivity contribution in [1.82, 2.24) is 14.5 Å². The van der Waals surface area contributed by atoms with Gasteiger partial charge in [0.25, 0.3) is 0 Å². The molecule has 0 spiro atoms. The molecule has 1 saturated heterocycles. The van der Waals surface area contributed by atoms with Crippen molar-refractivity contribution >= 4 is 16.0 Å². The van der Waals surface area contributed by atoms with Crippen molar-refractivity contribution in [2.24, 2.45) is 0 Å². The normalized spacial score (nSPS) is 26.1. The molecule has 1 fully saturated rings. The third-order valence-corrected chi connectivity index (χ3v) is 5.33. The summed E-state index contributed by atoms with van der Waals surface area (Å²) in [6, 6.07) is 0. The highest BCUT2D eigenvalue weighted by molar-refractivity contribution is 7.89. The van der Waals surface area contributed by atoms with Crippen LogP contribution in [0.1, 0.15) is 26.2 Å². The highest BCUT2D eigenvalue weighted by Gasteiger charge is 2.48. The van der Waals surface area contributed by atoms with Crippen molar-refractivity contribution in [3.63, 3.8) is 0 Å². The number of carbonyl (C=O) groups is 1. The average molecular weight is 273 g/mol. The van der Waals surface area contributed by atoms with Crippen LogP contribution in [0.3, 0.4) is 0 Å². The Morgan fingerprint density at radius 2 is 2.28 bits per heavy atom. The molecule has 0 amide bonds. The van der Waals surface area contributed by atoms with Crippen LogP contribution in [-0.2, 0) is 14.8 Å². The first-order valence-electron chi connectivity index (χ1n) is 5.64. The van der Waals surface area contributed by atoms with E-state index in [1.807, 2.05) is 0 Å². The van der Waals surface area contributed by atoms with Gasteiger partial charge in [-0.3, -0.25) is 9.89 Å². The van der Waals surface area contributed by atoms with Gasteiger partial charge in [0.05, 0.1) is 6.20 Å². The van der Waals surface area contributed by atoms with Crippen LogP contribution < -0.4 is 0 Å². The molecule has 2 N–H and O–H groups in total. The van der Waals surface area contributed by atoms with Crippen LogP contribution in [0.15, 0.2) is 17.3 Å². The first kappa shape index (κ1) is 13.0. The van der Waals surface area contributed by atoms with E-state index in [0.717, 1.165) is 4.31 Å². The van der Waals surface area contributed by atoms with Gasteiger partial charge in [0, 0.05) is 12.7 Å². The van der Waals surface area contributed by atoms with Gasteiger partial charge in [-0.05, 0) is 26.2 Å². The molecule has 8 heteroatoms. The van der Waals surface area contributed by atoms with Gasteiger partial charge in [0.2, 0.25) is 10.0 Å². The molecular weight excluding hydrogens is 258 g/mol. The zero-order valence-corrected chi connectivity index (χ0v) is 10.8. The zero-order valence-electron chi connectivity index (χ0n) is 9.96. The highest BCUT2D eigenvalue weighted by atomic mass is 32.2. The Morgan fingerprint density at radius 1 is 1.56 bits per heavy atom. The Kier molecular flexibility index (Phi) is 3.16. The second-order valence-electron chi connectivity index (χ2n) is 4.55. The average Bonchev–Trinajstić information content (AvgIpc) is 2.83. The quantitative estimate of drug-likeness (QED) is 0.831. The Hall–Kier alpha value is -1.41. The van der Waals surface area contributed by atoms with Crippen LogP contribution in [0, 0.1) is 0 Å². The minimum absolute atomic E-state index is 0.00289. The monoisotopic (exact) mass is 273 g/mol. The van der Waals surface area contributed by atoms with Gasteiger partial charge >= 0.3 is 5.97 Å². The number of aromatic nitrogens is 2. The number of carboxylic acid groups (broad SMARTS) is 1. The molecule has 1 aliphatic heterocycles. The number of sulfonamides is 1. The molecular formula is C10H15N3O4S. The standard InChI is InChI=1S/C10H15N3O4S/c1-10(9(14)15)4-2-3-5-13(10)18(16,17)8-6-11-12-7-8/h6-7H,2-5H2,1H3,(H,11,12)(H,14,15). The third-order valence-electron chi connectivity index (χ3n) is 3.35. The fraction of sp³-hybridized carbons (Fsp3) is 0.600. The van der Waals surface area contributed by atoms with Gasteiger partial charge in [-0.2, -0.15) is 9.40 Å². The van der Waals surface area contributed by atoms with E-state index in [2.05, 4.69) is 10.2 Å². The minimum Gasteiger partial charge on any atom is -0.480 e. The molecule has 0 radical (unpaired) electrons. The van der Waals surface area contributed by atoms with Crippen LogP contribution in [0.2, 0.25) is 0 Å². The van der Waals surface area contributed by atoms with E-state index in [1.54, 1.807) is 0 Å². The summed E-state index contributed by atoms with van der Waals surface area (Å²) < 4.78 is 25.8. The molecule has 1 unspecified atom stereocenters. The lowest BCUT2D eigenvalue weighted by molar-refractivity contribution is -0.149. The number of nitrogens with one attached hydrogen (secondary N) is 1. The molecule has 7 nitrogen and oxygen atoms in total. The lowest BCUT2D eigenvalue weighted by atomic mass is 9.91. The number of hydrogen-bond donors (Lipinski definition) is 2. The van der Waals surface area contributed by atoms with E-state index in [1.165, 1.54) is 19.3 Å². The number of piperidine rings is 1. The Balaban J connectivity index is 2.45. The smallest absolute Gasteiger partial charge is 0.324 e. The second kappa shape index (κ2) is 4.36. The summed E-state index contributed by atoms with van der Waals surface area (Å²) in [4.78, 5) is 11.4. The number of rotatable bonds is 3. The van der Waals surface area contributed by atoms with E-state index < -0.39 is 21.5 Å². The van der Waals surface area contributed by atoms with Gasteiger partial charge in [-0.15, -0.1) is 0 Å². The molecule has 100 valence electrons. The largest absolute Gasteiger partial charge is 0.480 e. The molecule has 2 heterocycles. The van der Waals surface area contributed by atoms with Crippen LogP contribution in [0.4, 0.5) is 0 Å². The van der Waals surface area contributed by atoms with Crippen molar-refractivity contribution in [2.75, 3.05) is 6.54 Å².